The summed E-state index contributed by atoms with van der Waals surface area (Å²) in [6, 6.07) is 1.81. The van der Waals surface area contributed by atoms with Gasteiger partial charge in [0, 0.05) is 24.2 Å². The van der Waals surface area contributed by atoms with Crippen molar-refractivity contribution in [2.75, 3.05) is 5.73 Å². The van der Waals surface area contributed by atoms with Crippen LogP contribution in [0.4, 0.5) is 5.82 Å². The van der Waals surface area contributed by atoms with Gasteiger partial charge in [-0.2, -0.15) is 9.61 Å². The Morgan fingerprint density at radius 2 is 1.90 bits per heavy atom. The van der Waals surface area contributed by atoms with Crippen molar-refractivity contribution in [2.45, 2.75) is 37.9 Å². The smallest absolute Gasteiger partial charge is 0.168 e. The van der Waals surface area contributed by atoms with E-state index in [-0.39, 0.29) is 11.8 Å². The highest BCUT2D eigenvalue weighted by Crippen LogP contribution is 2.43. The number of fused-ring (bicyclic) bond motifs is 2. The van der Waals surface area contributed by atoms with E-state index in [4.69, 9.17) is 15.1 Å². The number of nitrogens with zero attached hydrogens (tertiary/aromatic N) is 4. The zero-order chi connectivity index (χ0) is 21.0. The van der Waals surface area contributed by atoms with Gasteiger partial charge in [-0.15, -0.1) is 0 Å². The van der Waals surface area contributed by atoms with Crippen molar-refractivity contribution in [2.24, 2.45) is 5.92 Å². The normalized spacial score (nSPS) is 19.9. The topological polar surface area (TPSA) is 123 Å². The van der Waals surface area contributed by atoms with Crippen LogP contribution in [0.2, 0.25) is 0 Å². The van der Waals surface area contributed by atoms with Gasteiger partial charge in [-0.1, -0.05) is 0 Å². The van der Waals surface area contributed by atoms with Crippen LogP contribution in [0.15, 0.2) is 38.0 Å². The number of nitrogen functional groups attached to an aromatic ring is 1. The van der Waals surface area contributed by atoms with E-state index in [2.05, 4.69) is 41.9 Å². The molecule has 0 saturated heterocycles. The zero-order valence-corrected chi connectivity index (χ0v) is 19.0. The first kappa shape index (κ1) is 19.9. The number of hydrogen-bond acceptors (Lipinski definition) is 7. The summed E-state index contributed by atoms with van der Waals surface area (Å²) in [4.78, 5) is 9.09. The molecule has 1 aliphatic carbocycles. The number of furan rings is 1. The predicted molar refractivity (Wildman–Crippen MR) is 119 cm³/mol. The molecule has 4 aromatic heterocycles. The van der Waals surface area contributed by atoms with E-state index in [1.54, 1.807) is 23.1 Å². The lowest BCUT2D eigenvalue weighted by Gasteiger charge is -2.29. The summed E-state index contributed by atoms with van der Waals surface area (Å²) in [7, 11) is 0. The van der Waals surface area contributed by atoms with Crippen LogP contribution in [0.25, 0.3) is 27.9 Å². The number of anilines is 1. The lowest BCUT2D eigenvalue weighted by Crippen LogP contribution is -2.25. The summed E-state index contributed by atoms with van der Waals surface area (Å²) in [5.74, 6) is 1.18. The molecule has 156 valence electrons. The predicted octanol–water partition coefficient (Wildman–Crippen LogP) is 4.23. The van der Waals surface area contributed by atoms with E-state index in [0.29, 0.717) is 17.2 Å². The number of aliphatic hydroxyl groups is 2. The molecule has 4 N–H and O–H groups in total. The monoisotopic (exact) mass is 535 g/mol. The summed E-state index contributed by atoms with van der Waals surface area (Å²) in [6.45, 7) is 0. The van der Waals surface area contributed by atoms with E-state index in [9.17, 15) is 10.2 Å². The lowest BCUT2D eigenvalue weighted by atomic mass is 9.80. The van der Waals surface area contributed by atoms with Gasteiger partial charge in [0.2, 0.25) is 0 Å². The molecule has 1 fully saturated rings. The van der Waals surface area contributed by atoms with E-state index < -0.39 is 6.29 Å². The number of pyridine rings is 1. The molecule has 0 aromatic carbocycles. The standard InChI is InChI=1S/C20H19Br2N5O3/c21-14-11-7-24-6-5-13(11)30-17(14)12-8-25-27-18(23)15(22)16(26-19(12)27)9-1-3-10(4-2-9)20(28)29/h5-10,20,28-29H,1-4,23H2. The molecule has 4 heterocycles. The van der Waals surface area contributed by atoms with E-state index >= 15 is 0 Å². The molecule has 5 rings (SSSR count). The number of aliphatic hydroxyl groups excluding tert-OH is 1. The molecule has 0 atom stereocenters. The van der Waals surface area contributed by atoms with E-state index in [0.717, 1.165) is 56.9 Å². The van der Waals surface area contributed by atoms with Crippen LogP contribution < -0.4 is 5.73 Å². The van der Waals surface area contributed by atoms with Crippen molar-refractivity contribution in [3.05, 3.63) is 39.3 Å². The van der Waals surface area contributed by atoms with Gasteiger partial charge in [0.1, 0.15) is 11.4 Å². The first-order valence-corrected chi connectivity index (χ1v) is 11.3. The highest BCUT2D eigenvalue weighted by molar-refractivity contribution is 9.11. The minimum Gasteiger partial charge on any atom is -0.455 e. The summed E-state index contributed by atoms with van der Waals surface area (Å²) >= 11 is 7.22. The highest BCUT2D eigenvalue weighted by Gasteiger charge is 2.30. The molecular weight excluding hydrogens is 518 g/mol. The third-order valence-electron chi connectivity index (χ3n) is 5.90. The molecule has 0 radical (unpaired) electrons. The molecule has 1 aliphatic rings. The number of aromatic nitrogens is 4. The van der Waals surface area contributed by atoms with Crippen LogP contribution in [0, 0.1) is 5.92 Å². The number of nitrogens with two attached hydrogens (primary N) is 1. The van der Waals surface area contributed by atoms with Crippen LogP contribution in [-0.4, -0.2) is 36.1 Å². The second-order valence-corrected chi connectivity index (χ2v) is 9.22. The van der Waals surface area contributed by atoms with Crippen LogP contribution in [0.5, 0.6) is 0 Å². The van der Waals surface area contributed by atoms with Gasteiger partial charge >= 0.3 is 0 Å². The quantitative estimate of drug-likeness (QED) is 0.335. The average molecular weight is 537 g/mol. The van der Waals surface area contributed by atoms with Gasteiger partial charge in [-0.25, -0.2) is 4.98 Å². The van der Waals surface area contributed by atoms with Crippen molar-refractivity contribution >= 4 is 54.3 Å². The number of hydrogen-bond donors (Lipinski definition) is 3. The maximum Gasteiger partial charge on any atom is 0.168 e. The molecular formula is C20H19Br2N5O3. The van der Waals surface area contributed by atoms with Gasteiger partial charge in [-0.05, 0) is 63.6 Å². The van der Waals surface area contributed by atoms with Crippen molar-refractivity contribution in [1.82, 2.24) is 19.6 Å². The second kappa shape index (κ2) is 7.60. The Morgan fingerprint density at radius 1 is 1.13 bits per heavy atom. The number of rotatable bonds is 3. The minimum absolute atomic E-state index is 0.0910. The molecule has 0 amide bonds. The molecule has 0 bridgehead atoms. The Balaban J connectivity index is 1.61. The Labute approximate surface area is 188 Å². The Morgan fingerprint density at radius 3 is 2.60 bits per heavy atom. The van der Waals surface area contributed by atoms with Gasteiger partial charge < -0.3 is 20.4 Å². The fraction of sp³-hybridized carbons (Fsp3) is 0.350. The van der Waals surface area contributed by atoms with Gasteiger partial charge in [0.05, 0.1) is 31.8 Å². The summed E-state index contributed by atoms with van der Waals surface area (Å²) in [5.41, 5.74) is 9.32. The summed E-state index contributed by atoms with van der Waals surface area (Å²) in [6.07, 6.45) is 6.95. The molecule has 0 unspecified atom stereocenters. The molecule has 10 heteroatoms. The maximum atomic E-state index is 9.47. The third-order valence-corrected chi connectivity index (χ3v) is 7.50. The maximum absolute atomic E-state index is 9.47. The van der Waals surface area contributed by atoms with Gasteiger partial charge in [0.25, 0.3) is 0 Å². The zero-order valence-electron chi connectivity index (χ0n) is 15.8. The van der Waals surface area contributed by atoms with Gasteiger partial charge in [-0.3, -0.25) is 4.98 Å². The third kappa shape index (κ3) is 3.13. The van der Waals surface area contributed by atoms with Crippen LogP contribution >= 0.6 is 31.9 Å². The van der Waals surface area contributed by atoms with E-state index in [1.807, 2.05) is 6.07 Å². The molecule has 8 nitrogen and oxygen atoms in total. The fourth-order valence-electron chi connectivity index (χ4n) is 4.22. The molecule has 30 heavy (non-hydrogen) atoms. The van der Waals surface area contributed by atoms with Crippen molar-refractivity contribution in [3.63, 3.8) is 0 Å². The average Bonchev–Trinajstić information content (AvgIpc) is 3.32. The Kier molecular flexibility index (Phi) is 5.04. The molecule has 4 aromatic rings. The SMILES string of the molecule is Nc1c(Br)c(C2CCC(C(O)O)CC2)nc2c(-c3oc4ccncc4c3Br)cnn12. The van der Waals surface area contributed by atoms with Crippen molar-refractivity contribution in [1.29, 1.82) is 0 Å². The van der Waals surface area contributed by atoms with Gasteiger partial charge in [0.15, 0.2) is 17.7 Å². The van der Waals surface area contributed by atoms with Crippen LogP contribution in [0.3, 0.4) is 0 Å². The Bertz CT molecular complexity index is 1240. The first-order chi connectivity index (χ1) is 14.5. The molecule has 0 aliphatic heterocycles. The van der Waals surface area contributed by atoms with Crippen LogP contribution in [0.1, 0.15) is 37.3 Å². The highest BCUT2D eigenvalue weighted by atomic mass is 79.9. The molecule has 1 saturated carbocycles. The lowest BCUT2D eigenvalue weighted by molar-refractivity contribution is -0.0938. The van der Waals surface area contributed by atoms with Crippen molar-refractivity contribution < 1.29 is 14.6 Å². The second-order valence-electron chi connectivity index (χ2n) is 7.63. The largest absolute Gasteiger partial charge is 0.455 e. The number of halogens is 2. The van der Waals surface area contributed by atoms with Crippen molar-refractivity contribution in [3.8, 4) is 11.3 Å². The van der Waals surface area contributed by atoms with E-state index in [1.165, 1.54) is 0 Å². The first-order valence-electron chi connectivity index (χ1n) is 9.66. The summed E-state index contributed by atoms with van der Waals surface area (Å²) in [5, 5.41) is 24.2. The Hall–Kier alpha value is -2.01. The summed E-state index contributed by atoms with van der Waals surface area (Å²) < 4.78 is 9.18. The fourth-order valence-corrected chi connectivity index (χ4v) is 5.39. The molecule has 0 spiro atoms. The van der Waals surface area contributed by atoms with Crippen LogP contribution in [-0.2, 0) is 0 Å². The minimum atomic E-state index is -1.27.